The first kappa shape index (κ1) is 26.9. The summed E-state index contributed by atoms with van der Waals surface area (Å²) >= 11 is 1.48. The fourth-order valence-electron chi connectivity index (χ4n) is 3.88. The molecular formula is C26H33N6O3S2. The Bertz CT molecular complexity index is 1310. The van der Waals surface area contributed by atoms with Gasteiger partial charge < -0.3 is 20.9 Å². The average Bonchev–Trinajstić information content (AvgIpc) is 3.32. The number of rotatable bonds is 8. The topological polar surface area (TPSA) is 115 Å². The number of urea groups is 1. The molecule has 0 aliphatic carbocycles. The summed E-state index contributed by atoms with van der Waals surface area (Å²) in [5.74, 6) is 0. The second-order valence-electron chi connectivity index (χ2n) is 9.84. The molecule has 4 N–H and O–H groups in total. The van der Waals surface area contributed by atoms with Gasteiger partial charge in [-0.3, -0.25) is 0 Å². The van der Waals surface area contributed by atoms with Gasteiger partial charge in [-0.1, -0.05) is 41.7 Å². The Morgan fingerprint density at radius 1 is 1.08 bits per heavy atom. The van der Waals surface area contributed by atoms with Gasteiger partial charge in [-0.25, -0.2) is 22.9 Å². The third-order valence-corrected chi connectivity index (χ3v) is 8.27. The van der Waals surface area contributed by atoms with Crippen LogP contribution in [0.1, 0.15) is 39.2 Å². The lowest BCUT2D eigenvalue weighted by Gasteiger charge is -2.25. The minimum absolute atomic E-state index is 0.0332. The smallest absolute Gasteiger partial charge is 0.319 e. The van der Waals surface area contributed by atoms with Crippen LogP contribution in [0.4, 0.5) is 26.3 Å². The van der Waals surface area contributed by atoms with E-state index in [1.807, 2.05) is 30.3 Å². The van der Waals surface area contributed by atoms with Crippen molar-refractivity contribution in [3.8, 4) is 0 Å². The Hall–Kier alpha value is -3.15. The van der Waals surface area contributed by atoms with Crippen LogP contribution in [0.2, 0.25) is 0 Å². The number of aromatic nitrogens is 1. The zero-order valence-electron chi connectivity index (χ0n) is 21.2. The molecule has 0 spiro atoms. The van der Waals surface area contributed by atoms with E-state index in [9.17, 15) is 13.2 Å². The molecule has 1 fully saturated rings. The summed E-state index contributed by atoms with van der Waals surface area (Å²) in [4.78, 5) is 19.3. The number of hydrogen-bond donors (Lipinski definition) is 4. The van der Waals surface area contributed by atoms with Crippen LogP contribution in [0.5, 0.6) is 0 Å². The van der Waals surface area contributed by atoms with E-state index < -0.39 is 21.6 Å². The lowest BCUT2D eigenvalue weighted by Crippen LogP contribution is -2.40. The molecule has 4 rings (SSSR count). The standard InChI is InChI=1S/C26H33N6O3S2/c1-26(2,3)31-37(34,35)22-16-20(29-24(33)27-17-19-10-6-4-7-11-19)12-13-21(22)30-23-18-28-25(36-23)32-14-8-5-9-15-32/h4-7,10-13,16,18,30-31H,8-9,14-15,17H2,1-3H3,(H2,27,29,33). The number of benzene rings is 2. The quantitative estimate of drug-likeness (QED) is 0.316. The predicted molar refractivity (Wildman–Crippen MR) is 150 cm³/mol. The number of nitrogens with zero attached hydrogens (tertiary/aromatic N) is 2. The van der Waals surface area contributed by atoms with E-state index in [-0.39, 0.29) is 4.90 Å². The molecule has 0 atom stereocenters. The van der Waals surface area contributed by atoms with Crippen molar-refractivity contribution in [2.45, 2.75) is 50.6 Å². The van der Waals surface area contributed by atoms with Gasteiger partial charge in [-0.2, -0.15) is 0 Å². The van der Waals surface area contributed by atoms with Gasteiger partial charge >= 0.3 is 6.03 Å². The Kier molecular flexibility index (Phi) is 8.35. The largest absolute Gasteiger partial charge is 0.348 e. The highest BCUT2D eigenvalue weighted by atomic mass is 32.2. The molecule has 9 nitrogen and oxygen atoms in total. The van der Waals surface area contributed by atoms with Crippen LogP contribution in [-0.2, 0) is 16.6 Å². The van der Waals surface area contributed by atoms with Crippen molar-refractivity contribution >= 4 is 48.9 Å². The first-order chi connectivity index (χ1) is 17.6. The van der Waals surface area contributed by atoms with Crippen molar-refractivity contribution in [1.29, 1.82) is 0 Å². The van der Waals surface area contributed by atoms with Crippen LogP contribution in [0.15, 0.2) is 59.6 Å². The first-order valence-corrected chi connectivity index (χ1v) is 14.5. The second-order valence-corrected chi connectivity index (χ2v) is 12.5. The van der Waals surface area contributed by atoms with E-state index in [1.54, 1.807) is 39.1 Å². The maximum atomic E-state index is 13.4. The number of amides is 2. The van der Waals surface area contributed by atoms with Crippen LogP contribution >= 0.6 is 11.3 Å². The van der Waals surface area contributed by atoms with E-state index in [0.717, 1.165) is 41.6 Å². The molecule has 1 aliphatic heterocycles. The van der Waals surface area contributed by atoms with E-state index in [0.29, 0.717) is 17.9 Å². The molecule has 3 aromatic rings. The number of thiazole rings is 1. The number of carbonyl (C=O) groups is 1. The fourth-order valence-corrected chi connectivity index (χ4v) is 6.37. The molecule has 1 aliphatic rings. The van der Waals surface area contributed by atoms with Crippen molar-refractivity contribution in [2.75, 3.05) is 28.6 Å². The molecule has 197 valence electrons. The molecule has 1 aromatic heterocycles. The third-order valence-electron chi connectivity index (χ3n) is 5.49. The number of nitrogens with one attached hydrogen (secondary N) is 4. The molecular weight excluding hydrogens is 508 g/mol. The Morgan fingerprint density at radius 3 is 2.51 bits per heavy atom. The molecule has 0 saturated carbocycles. The monoisotopic (exact) mass is 541 g/mol. The predicted octanol–water partition coefficient (Wildman–Crippen LogP) is 5.09. The van der Waals surface area contributed by atoms with Crippen LogP contribution in [0, 0.1) is 6.42 Å². The SMILES string of the molecule is CC(C)(C)NS(=O)(=O)c1cc(NC(=O)NCc2ccccc2)ccc1Nc1cnc(N2CC[CH]CC2)s1. The van der Waals surface area contributed by atoms with Gasteiger partial charge in [-0.05, 0) is 63.8 Å². The first-order valence-electron chi connectivity index (χ1n) is 12.2. The van der Waals surface area contributed by atoms with Crippen LogP contribution < -0.4 is 25.6 Å². The normalized spacial score (nSPS) is 14.3. The van der Waals surface area contributed by atoms with Gasteiger partial charge in [0.1, 0.15) is 9.90 Å². The van der Waals surface area contributed by atoms with Crippen molar-refractivity contribution in [3.63, 3.8) is 0 Å². The maximum Gasteiger partial charge on any atom is 0.319 e. The Labute approximate surface area is 222 Å². The molecule has 2 heterocycles. The lowest BCUT2D eigenvalue weighted by atomic mass is 10.1. The highest BCUT2D eigenvalue weighted by molar-refractivity contribution is 7.89. The highest BCUT2D eigenvalue weighted by Gasteiger charge is 2.26. The zero-order chi connectivity index (χ0) is 26.5. The molecule has 0 bridgehead atoms. The minimum atomic E-state index is -3.91. The van der Waals surface area contributed by atoms with E-state index in [4.69, 9.17) is 0 Å². The molecule has 11 heteroatoms. The molecule has 1 radical (unpaired) electrons. The summed E-state index contributed by atoms with van der Waals surface area (Å²) in [5, 5.41) is 10.4. The number of anilines is 4. The summed E-state index contributed by atoms with van der Waals surface area (Å²) in [7, 11) is -3.91. The van der Waals surface area contributed by atoms with E-state index >= 15 is 0 Å². The summed E-state index contributed by atoms with van der Waals surface area (Å²) in [5.41, 5.74) is 1.03. The number of carbonyl (C=O) groups excluding carboxylic acids is 1. The Morgan fingerprint density at radius 2 is 1.81 bits per heavy atom. The van der Waals surface area contributed by atoms with Crippen LogP contribution in [0.3, 0.4) is 0 Å². The number of hydrogen-bond acceptors (Lipinski definition) is 7. The van der Waals surface area contributed by atoms with E-state index in [2.05, 4.69) is 37.0 Å². The van der Waals surface area contributed by atoms with Gasteiger partial charge in [-0.15, -0.1) is 0 Å². The van der Waals surface area contributed by atoms with Crippen molar-refractivity contribution < 1.29 is 13.2 Å². The minimum Gasteiger partial charge on any atom is -0.348 e. The lowest BCUT2D eigenvalue weighted by molar-refractivity contribution is 0.251. The number of piperidine rings is 1. The fraction of sp³-hybridized carbons (Fsp3) is 0.346. The van der Waals surface area contributed by atoms with Crippen molar-refractivity contribution in [2.24, 2.45) is 0 Å². The Balaban J connectivity index is 1.54. The van der Waals surface area contributed by atoms with Crippen LogP contribution in [-0.4, -0.2) is 38.1 Å². The molecule has 0 unspecified atom stereocenters. The van der Waals surface area contributed by atoms with Gasteiger partial charge in [0, 0.05) is 30.9 Å². The van der Waals surface area contributed by atoms with Gasteiger partial charge in [0.2, 0.25) is 10.0 Å². The number of sulfonamides is 1. The average molecular weight is 542 g/mol. The van der Waals surface area contributed by atoms with Crippen molar-refractivity contribution in [3.05, 3.63) is 66.7 Å². The molecule has 2 amide bonds. The zero-order valence-corrected chi connectivity index (χ0v) is 22.9. The second kappa shape index (κ2) is 11.5. The summed E-state index contributed by atoms with van der Waals surface area (Å²) in [6, 6.07) is 13.9. The van der Waals surface area contributed by atoms with Gasteiger partial charge in [0.05, 0.1) is 11.9 Å². The summed E-state index contributed by atoms with van der Waals surface area (Å²) in [6.45, 7) is 7.54. The highest BCUT2D eigenvalue weighted by Crippen LogP contribution is 2.34. The van der Waals surface area contributed by atoms with E-state index in [1.165, 1.54) is 17.4 Å². The van der Waals surface area contributed by atoms with Gasteiger partial charge in [0.15, 0.2) is 5.13 Å². The summed E-state index contributed by atoms with van der Waals surface area (Å²) < 4.78 is 29.4. The van der Waals surface area contributed by atoms with Gasteiger partial charge in [0.25, 0.3) is 0 Å². The van der Waals surface area contributed by atoms with Crippen molar-refractivity contribution in [1.82, 2.24) is 15.0 Å². The maximum absolute atomic E-state index is 13.4. The summed E-state index contributed by atoms with van der Waals surface area (Å²) in [6.07, 6.45) is 6.04. The third kappa shape index (κ3) is 7.67. The molecule has 37 heavy (non-hydrogen) atoms. The molecule has 2 aromatic carbocycles. The molecule has 1 saturated heterocycles. The van der Waals surface area contributed by atoms with Crippen LogP contribution in [0.25, 0.3) is 0 Å².